The number of nitrogens with zero attached hydrogens (tertiary/aromatic N) is 1. The standard InChI is InChI=1S/C13H16FN3O/c14-12-5-1-3-10(7-12)9-17-13(18)11(8-16-17)4-2-6-15/h1,3,5,7-8,16H,2,4,6,9,15H2. The van der Waals surface area contributed by atoms with E-state index in [-0.39, 0.29) is 11.4 Å². The number of rotatable bonds is 5. The first-order chi connectivity index (χ1) is 8.70. The molecule has 0 fully saturated rings. The minimum absolute atomic E-state index is 0.0623. The van der Waals surface area contributed by atoms with Crippen LogP contribution in [0, 0.1) is 5.82 Å². The minimum Gasteiger partial charge on any atom is -0.330 e. The Labute approximate surface area is 104 Å². The Bertz CT molecular complexity index is 574. The van der Waals surface area contributed by atoms with Crippen molar-refractivity contribution in [3.05, 3.63) is 57.8 Å². The molecule has 0 aliphatic heterocycles. The van der Waals surface area contributed by atoms with E-state index >= 15 is 0 Å². The maximum absolute atomic E-state index is 13.0. The van der Waals surface area contributed by atoms with Gasteiger partial charge >= 0.3 is 0 Å². The molecule has 3 N–H and O–H groups in total. The van der Waals surface area contributed by atoms with Gasteiger partial charge in [0.1, 0.15) is 5.82 Å². The average Bonchev–Trinajstić information content (AvgIpc) is 2.69. The van der Waals surface area contributed by atoms with E-state index in [9.17, 15) is 9.18 Å². The highest BCUT2D eigenvalue weighted by molar-refractivity contribution is 5.17. The van der Waals surface area contributed by atoms with E-state index < -0.39 is 0 Å². The van der Waals surface area contributed by atoms with Gasteiger partial charge < -0.3 is 10.8 Å². The summed E-state index contributed by atoms with van der Waals surface area (Å²) in [7, 11) is 0. The number of halogens is 1. The van der Waals surface area contributed by atoms with Crippen LogP contribution in [0.3, 0.4) is 0 Å². The second-order valence-corrected chi connectivity index (χ2v) is 4.21. The third kappa shape index (κ3) is 2.87. The smallest absolute Gasteiger partial charge is 0.269 e. The largest absolute Gasteiger partial charge is 0.330 e. The zero-order valence-corrected chi connectivity index (χ0v) is 10.0. The van der Waals surface area contributed by atoms with E-state index in [0.29, 0.717) is 19.5 Å². The van der Waals surface area contributed by atoms with Crippen LogP contribution in [-0.4, -0.2) is 16.3 Å². The van der Waals surface area contributed by atoms with E-state index in [4.69, 9.17) is 5.73 Å². The number of hydrogen-bond acceptors (Lipinski definition) is 2. The van der Waals surface area contributed by atoms with Crippen LogP contribution >= 0.6 is 0 Å². The highest BCUT2D eigenvalue weighted by Gasteiger charge is 2.06. The molecule has 0 spiro atoms. The Morgan fingerprint density at radius 3 is 2.94 bits per heavy atom. The molecule has 0 unspecified atom stereocenters. The Hall–Kier alpha value is -1.88. The molecule has 18 heavy (non-hydrogen) atoms. The summed E-state index contributed by atoms with van der Waals surface area (Å²) in [5.74, 6) is -0.296. The first kappa shape index (κ1) is 12.6. The quantitative estimate of drug-likeness (QED) is 0.837. The monoisotopic (exact) mass is 249 g/mol. The van der Waals surface area contributed by atoms with Crippen molar-refractivity contribution in [3.8, 4) is 0 Å². The number of aromatic amines is 1. The van der Waals surface area contributed by atoms with Crippen molar-refractivity contribution in [3.63, 3.8) is 0 Å². The number of nitrogens with one attached hydrogen (secondary N) is 1. The molecule has 1 aromatic carbocycles. The summed E-state index contributed by atoms with van der Waals surface area (Å²) in [6.45, 7) is 0.910. The first-order valence-electron chi connectivity index (χ1n) is 5.92. The van der Waals surface area contributed by atoms with Crippen molar-refractivity contribution in [1.82, 2.24) is 9.78 Å². The Kier molecular flexibility index (Phi) is 3.94. The van der Waals surface area contributed by atoms with Gasteiger partial charge in [-0.1, -0.05) is 12.1 Å². The molecule has 0 saturated carbocycles. The topological polar surface area (TPSA) is 63.8 Å². The highest BCUT2D eigenvalue weighted by Crippen LogP contribution is 2.05. The summed E-state index contributed by atoms with van der Waals surface area (Å²) < 4.78 is 14.5. The molecule has 4 nitrogen and oxygen atoms in total. The van der Waals surface area contributed by atoms with Gasteiger partial charge in [-0.3, -0.25) is 4.79 Å². The summed E-state index contributed by atoms with van der Waals surface area (Å²) >= 11 is 0. The van der Waals surface area contributed by atoms with E-state index in [2.05, 4.69) is 5.10 Å². The number of hydrogen-bond donors (Lipinski definition) is 2. The normalized spacial score (nSPS) is 10.8. The summed E-state index contributed by atoms with van der Waals surface area (Å²) in [5.41, 5.74) is 6.82. The molecule has 2 aromatic rings. The fourth-order valence-electron chi connectivity index (χ4n) is 1.86. The van der Waals surface area contributed by atoms with Crippen LogP contribution in [0.5, 0.6) is 0 Å². The molecular weight excluding hydrogens is 233 g/mol. The van der Waals surface area contributed by atoms with Crippen molar-refractivity contribution in [1.29, 1.82) is 0 Å². The minimum atomic E-state index is -0.296. The van der Waals surface area contributed by atoms with Crippen molar-refractivity contribution in [2.24, 2.45) is 5.73 Å². The maximum Gasteiger partial charge on any atom is 0.269 e. The van der Waals surface area contributed by atoms with Crippen LogP contribution in [0.15, 0.2) is 35.3 Å². The lowest BCUT2D eigenvalue weighted by molar-refractivity contribution is 0.616. The van der Waals surface area contributed by atoms with Gasteiger partial charge in [-0.05, 0) is 37.1 Å². The summed E-state index contributed by atoms with van der Waals surface area (Å²) in [4.78, 5) is 12.0. The van der Waals surface area contributed by atoms with Crippen molar-refractivity contribution < 1.29 is 4.39 Å². The zero-order valence-electron chi connectivity index (χ0n) is 10.0. The zero-order chi connectivity index (χ0) is 13.0. The Morgan fingerprint density at radius 1 is 1.39 bits per heavy atom. The lowest BCUT2D eigenvalue weighted by Gasteiger charge is -2.01. The van der Waals surface area contributed by atoms with Crippen LogP contribution in [0.1, 0.15) is 17.5 Å². The molecule has 96 valence electrons. The molecule has 1 aromatic heterocycles. The molecule has 0 bridgehead atoms. The third-order valence-electron chi connectivity index (χ3n) is 2.79. The molecular formula is C13H16FN3O. The fourth-order valence-corrected chi connectivity index (χ4v) is 1.86. The molecule has 2 rings (SSSR count). The van der Waals surface area contributed by atoms with Crippen molar-refractivity contribution in [2.45, 2.75) is 19.4 Å². The van der Waals surface area contributed by atoms with Crippen molar-refractivity contribution >= 4 is 0 Å². The van der Waals surface area contributed by atoms with Gasteiger partial charge in [0, 0.05) is 11.8 Å². The van der Waals surface area contributed by atoms with Gasteiger partial charge in [-0.2, -0.15) is 0 Å². The lowest BCUT2D eigenvalue weighted by Crippen LogP contribution is -2.20. The van der Waals surface area contributed by atoms with Gasteiger partial charge in [-0.15, -0.1) is 0 Å². The second-order valence-electron chi connectivity index (χ2n) is 4.21. The molecule has 0 radical (unpaired) electrons. The molecule has 0 aliphatic rings. The summed E-state index contributed by atoms with van der Waals surface area (Å²) in [5, 5.41) is 2.89. The number of H-pyrrole nitrogens is 1. The maximum atomic E-state index is 13.0. The Morgan fingerprint density at radius 2 is 2.22 bits per heavy atom. The second kappa shape index (κ2) is 5.64. The summed E-state index contributed by atoms with van der Waals surface area (Å²) in [6.07, 6.45) is 3.15. The average molecular weight is 249 g/mol. The predicted molar refractivity (Wildman–Crippen MR) is 67.9 cm³/mol. The number of aryl methyl sites for hydroxylation is 1. The van der Waals surface area contributed by atoms with Crippen LogP contribution < -0.4 is 11.3 Å². The van der Waals surface area contributed by atoms with Crippen molar-refractivity contribution in [2.75, 3.05) is 6.54 Å². The van der Waals surface area contributed by atoms with Gasteiger partial charge in [0.2, 0.25) is 0 Å². The molecule has 0 amide bonds. The SMILES string of the molecule is NCCCc1c[nH]n(Cc2cccc(F)c2)c1=O. The molecule has 1 heterocycles. The molecule has 0 saturated heterocycles. The molecule has 5 heteroatoms. The number of aromatic nitrogens is 2. The third-order valence-corrected chi connectivity index (χ3v) is 2.79. The van der Waals surface area contributed by atoms with E-state index in [1.54, 1.807) is 18.3 Å². The van der Waals surface area contributed by atoms with E-state index in [0.717, 1.165) is 17.5 Å². The lowest BCUT2D eigenvalue weighted by atomic mass is 10.2. The molecule has 0 aliphatic carbocycles. The Balaban J connectivity index is 2.15. The van der Waals surface area contributed by atoms with Crippen LogP contribution in [0.4, 0.5) is 4.39 Å². The molecule has 0 atom stereocenters. The van der Waals surface area contributed by atoms with E-state index in [1.165, 1.54) is 16.8 Å². The van der Waals surface area contributed by atoms with Gasteiger partial charge in [0.05, 0.1) is 6.54 Å². The van der Waals surface area contributed by atoms with Crippen LogP contribution in [0.25, 0.3) is 0 Å². The number of benzene rings is 1. The highest BCUT2D eigenvalue weighted by atomic mass is 19.1. The van der Waals surface area contributed by atoms with Gasteiger partial charge in [0.15, 0.2) is 0 Å². The van der Waals surface area contributed by atoms with Gasteiger partial charge in [0.25, 0.3) is 5.56 Å². The summed E-state index contributed by atoms with van der Waals surface area (Å²) in [6, 6.07) is 6.23. The van der Waals surface area contributed by atoms with Crippen LogP contribution in [-0.2, 0) is 13.0 Å². The van der Waals surface area contributed by atoms with Gasteiger partial charge in [-0.25, -0.2) is 9.07 Å². The predicted octanol–water partition coefficient (Wildman–Crippen LogP) is 1.26. The van der Waals surface area contributed by atoms with E-state index in [1.807, 2.05) is 0 Å². The van der Waals surface area contributed by atoms with Crippen LogP contribution in [0.2, 0.25) is 0 Å². The first-order valence-corrected chi connectivity index (χ1v) is 5.92. The fraction of sp³-hybridized carbons (Fsp3) is 0.308. The number of nitrogens with two attached hydrogens (primary N) is 1.